The third kappa shape index (κ3) is 6.56. The van der Waals surface area contributed by atoms with Gasteiger partial charge in [0, 0.05) is 53.6 Å². The summed E-state index contributed by atoms with van der Waals surface area (Å²) < 4.78 is 32.5. The van der Waals surface area contributed by atoms with E-state index in [2.05, 4.69) is 15.2 Å². The molecule has 31 heavy (non-hydrogen) atoms. The van der Waals surface area contributed by atoms with Gasteiger partial charge in [-0.15, -0.1) is 24.0 Å². The number of hydrogen-bond acceptors (Lipinski definition) is 4. The Morgan fingerprint density at radius 1 is 1.10 bits per heavy atom. The van der Waals surface area contributed by atoms with Crippen LogP contribution in [0.4, 0.5) is 0 Å². The molecule has 0 atom stereocenters. The molecule has 9 heteroatoms. The number of benzene rings is 2. The Morgan fingerprint density at radius 2 is 1.71 bits per heavy atom. The van der Waals surface area contributed by atoms with Crippen LogP contribution in [0.2, 0.25) is 0 Å². The molecule has 0 saturated carbocycles. The molecule has 1 N–H and O–H groups in total. The molecule has 1 heterocycles. The van der Waals surface area contributed by atoms with Crippen molar-refractivity contribution < 1.29 is 13.2 Å². The number of para-hydroxylation sites is 1. The second-order valence-corrected chi connectivity index (χ2v) is 9.53. The molecular weight excluding hydrogens is 527 g/mol. The topological polar surface area (TPSA) is 74.2 Å². The number of sulfonamides is 1. The summed E-state index contributed by atoms with van der Waals surface area (Å²) in [5.74, 6) is 1.67. The van der Waals surface area contributed by atoms with Crippen LogP contribution in [0.25, 0.3) is 0 Å². The predicted octanol–water partition coefficient (Wildman–Crippen LogP) is 3.17. The average Bonchev–Trinajstić information content (AvgIpc) is 2.76. The van der Waals surface area contributed by atoms with Crippen molar-refractivity contribution in [3.8, 4) is 5.75 Å². The molecule has 2 aromatic carbocycles. The molecule has 0 unspecified atom stereocenters. The molecule has 0 spiro atoms. The standard InChI is InChI=1S/C22H30N4O3S.HI/c1-23-22(24-17-18-9-7-8-12-21(18)30(27,28)25(2)3)26-15-13-20(14-16-26)29-19-10-5-4-6-11-19;/h4-12,20H,13-17H2,1-3H3,(H,23,24);1H. The lowest BCUT2D eigenvalue weighted by atomic mass is 10.1. The maximum Gasteiger partial charge on any atom is 0.242 e. The smallest absolute Gasteiger partial charge is 0.242 e. The zero-order chi connectivity index (χ0) is 21.6. The SMILES string of the molecule is CN=C(NCc1ccccc1S(=O)(=O)N(C)C)N1CCC(Oc2ccccc2)CC1.I. The van der Waals surface area contributed by atoms with E-state index in [4.69, 9.17) is 4.74 Å². The molecule has 0 amide bonds. The molecular formula is C22H31IN4O3S. The van der Waals surface area contributed by atoms with Crippen molar-refractivity contribution in [3.05, 3.63) is 60.2 Å². The lowest BCUT2D eigenvalue weighted by Crippen LogP contribution is -2.47. The van der Waals surface area contributed by atoms with Crippen molar-refractivity contribution in [1.29, 1.82) is 0 Å². The number of nitrogens with zero attached hydrogens (tertiary/aromatic N) is 3. The minimum atomic E-state index is -3.50. The van der Waals surface area contributed by atoms with Gasteiger partial charge in [0.25, 0.3) is 0 Å². The van der Waals surface area contributed by atoms with E-state index < -0.39 is 10.0 Å². The number of rotatable bonds is 6. The van der Waals surface area contributed by atoms with Gasteiger partial charge in [-0.25, -0.2) is 12.7 Å². The van der Waals surface area contributed by atoms with Crippen LogP contribution in [0.5, 0.6) is 5.75 Å². The highest BCUT2D eigenvalue weighted by Crippen LogP contribution is 2.20. The second-order valence-electron chi connectivity index (χ2n) is 7.41. The van der Waals surface area contributed by atoms with E-state index in [9.17, 15) is 8.42 Å². The molecule has 1 aliphatic heterocycles. The number of piperidine rings is 1. The van der Waals surface area contributed by atoms with Gasteiger partial charge in [-0.3, -0.25) is 4.99 Å². The van der Waals surface area contributed by atoms with Gasteiger partial charge in [0.15, 0.2) is 5.96 Å². The Balaban J connectivity index is 0.00000341. The summed E-state index contributed by atoms with van der Waals surface area (Å²) in [6.45, 7) is 2.04. The molecule has 0 aliphatic carbocycles. The minimum Gasteiger partial charge on any atom is -0.490 e. The van der Waals surface area contributed by atoms with Crippen LogP contribution in [0, 0.1) is 0 Å². The van der Waals surface area contributed by atoms with Gasteiger partial charge in [0.2, 0.25) is 10.0 Å². The number of guanidine groups is 1. The molecule has 0 bridgehead atoms. The second kappa shape index (κ2) is 11.7. The minimum absolute atomic E-state index is 0. The maximum absolute atomic E-state index is 12.6. The van der Waals surface area contributed by atoms with E-state index in [1.807, 2.05) is 42.5 Å². The number of halogens is 1. The Hall–Kier alpha value is -1.85. The summed E-state index contributed by atoms with van der Waals surface area (Å²) in [6, 6.07) is 16.9. The number of hydrogen-bond donors (Lipinski definition) is 1. The lowest BCUT2D eigenvalue weighted by molar-refractivity contribution is 0.129. The van der Waals surface area contributed by atoms with Gasteiger partial charge in [-0.05, 0) is 23.8 Å². The first-order chi connectivity index (χ1) is 14.4. The average molecular weight is 558 g/mol. The van der Waals surface area contributed by atoms with Crippen molar-refractivity contribution in [2.24, 2.45) is 4.99 Å². The number of nitrogens with one attached hydrogen (secondary N) is 1. The van der Waals surface area contributed by atoms with Crippen LogP contribution < -0.4 is 10.1 Å². The fourth-order valence-electron chi connectivity index (χ4n) is 3.48. The van der Waals surface area contributed by atoms with E-state index in [-0.39, 0.29) is 30.1 Å². The van der Waals surface area contributed by atoms with Gasteiger partial charge < -0.3 is 15.0 Å². The van der Waals surface area contributed by atoms with E-state index in [0.29, 0.717) is 11.4 Å². The highest BCUT2D eigenvalue weighted by atomic mass is 127. The van der Waals surface area contributed by atoms with Crippen molar-refractivity contribution in [3.63, 3.8) is 0 Å². The summed E-state index contributed by atoms with van der Waals surface area (Å²) in [7, 11) is 1.33. The van der Waals surface area contributed by atoms with Gasteiger partial charge >= 0.3 is 0 Å². The van der Waals surface area contributed by atoms with Gasteiger partial charge in [-0.1, -0.05) is 36.4 Å². The third-order valence-corrected chi connectivity index (χ3v) is 7.08. The van der Waals surface area contributed by atoms with Gasteiger partial charge in [0.1, 0.15) is 11.9 Å². The van der Waals surface area contributed by atoms with Crippen LogP contribution in [0.3, 0.4) is 0 Å². The van der Waals surface area contributed by atoms with Crippen molar-refractivity contribution in [2.45, 2.75) is 30.4 Å². The highest BCUT2D eigenvalue weighted by molar-refractivity contribution is 14.0. The monoisotopic (exact) mass is 558 g/mol. The molecule has 0 aromatic heterocycles. The van der Waals surface area contributed by atoms with Gasteiger partial charge in [0.05, 0.1) is 4.90 Å². The van der Waals surface area contributed by atoms with Crippen molar-refractivity contribution in [2.75, 3.05) is 34.2 Å². The van der Waals surface area contributed by atoms with Crippen molar-refractivity contribution in [1.82, 2.24) is 14.5 Å². The molecule has 0 radical (unpaired) electrons. The van der Waals surface area contributed by atoms with E-state index in [1.54, 1.807) is 33.3 Å². The van der Waals surface area contributed by atoms with Crippen LogP contribution >= 0.6 is 24.0 Å². The number of aliphatic imine (C=N–C) groups is 1. The molecule has 170 valence electrons. The molecule has 1 fully saturated rings. The van der Waals surface area contributed by atoms with E-state index in [0.717, 1.165) is 43.2 Å². The largest absolute Gasteiger partial charge is 0.490 e. The van der Waals surface area contributed by atoms with E-state index >= 15 is 0 Å². The Labute approximate surface area is 202 Å². The fourth-order valence-corrected chi connectivity index (χ4v) is 4.60. The third-order valence-electron chi connectivity index (χ3n) is 5.17. The summed E-state index contributed by atoms with van der Waals surface area (Å²) in [5, 5.41) is 3.32. The molecule has 1 saturated heterocycles. The molecule has 2 aromatic rings. The van der Waals surface area contributed by atoms with E-state index in [1.165, 1.54) is 4.31 Å². The number of ether oxygens (including phenoxy) is 1. The maximum atomic E-state index is 12.6. The molecule has 3 rings (SSSR count). The molecule has 7 nitrogen and oxygen atoms in total. The Morgan fingerprint density at radius 3 is 2.32 bits per heavy atom. The summed E-state index contributed by atoms with van der Waals surface area (Å²) in [5.41, 5.74) is 0.717. The van der Waals surface area contributed by atoms with Gasteiger partial charge in [-0.2, -0.15) is 0 Å². The predicted molar refractivity (Wildman–Crippen MR) is 135 cm³/mol. The normalized spacial score (nSPS) is 15.5. The van der Waals surface area contributed by atoms with Crippen LogP contribution in [-0.4, -0.2) is 63.9 Å². The van der Waals surface area contributed by atoms with Crippen molar-refractivity contribution >= 4 is 40.0 Å². The summed E-state index contributed by atoms with van der Waals surface area (Å²) in [4.78, 5) is 6.89. The van der Waals surface area contributed by atoms with Crippen LogP contribution in [0.15, 0.2) is 64.5 Å². The zero-order valence-corrected chi connectivity index (χ0v) is 21.3. The summed E-state index contributed by atoms with van der Waals surface area (Å²) in [6.07, 6.45) is 2.00. The lowest BCUT2D eigenvalue weighted by Gasteiger charge is -2.34. The molecule has 1 aliphatic rings. The summed E-state index contributed by atoms with van der Waals surface area (Å²) >= 11 is 0. The quantitative estimate of drug-likeness (QED) is 0.335. The van der Waals surface area contributed by atoms with Crippen LogP contribution in [-0.2, 0) is 16.6 Å². The highest BCUT2D eigenvalue weighted by Gasteiger charge is 2.24. The Kier molecular flexibility index (Phi) is 9.57. The Bertz CT molecular complexity index is 960. The van der Waals surface area contributed by atoms with Crippen LogP contribution in [0.1, 0.15) is 18.4 Å². The first kappa shape index (κ1) is 25.4. The first-order valence-electron chi connectivity index (χ1n) is 10.1. The zero-order valence-electron chi connectivity index (χ0n) is 18.2. The fraction of sp³-hybridized carbons (Fsp3) is 0.409. The first-order valence-corrected chi connectivity index (χ1v) is 11.5. The number of likely N-dealkylation sites (tertiary alicyclic amines) is 1.